The van der Waals surface area contributed by atoms with Crippen LogP contribution in [0.1, 0.15) is 67.8 Å². The highest BCUT2D eigenvalue weighted by molar-refractivity contribution is 7.89. The number of carbonyl (C=O) groups is 3. The Labute approximate surface area is 175 Å². The lowest BCUT2D eigenvalue weighted by Crippen LogP contribution is -2.26. The van der Waals surface area contributed by atoms with Crippen LogP contribution in [0.3, 0.4) is 0 Å². The predicted molar refractivity (Wildman–Crippen MR) is 109 cm³/mol. The molecular weight excluding hydrogens is 408 g/mol. The highest BCUT2D eigenvalue weighted by atomic mass is 32.2. The fourth-order valence-corrected chi connectivity index (χ4v) is 4.65. The maximum atomic E-state index is 12.5. The lowest BCUT2D eigenvalue weighted by Gasteiger charge is -2.10. The van der Waals surface area contributed by atoms with Gasteiger partial charge in [-0.3, -0.25) is 9.59 Å². The Balaban J connectivity index is 1.75. The molecule has 30 heavy (non-hydrogen) atoms. The number of esters is 1. The first-order chi connectivity index (χ1) is 14.0. The third-order valence-corrected chi connectivity index (χ3v) is 6.56. The molecule has 1 heterocycles. The van der Waals surface area contributed by atoms with Crippen LogP contribution in [-0.4, -0.2) is 43.6 Å². The van der Waals surface area contributed by atoms with Crippen LogP contribution in [0.25, 0.3) is 0 Å². The molecule has 0 bridgehead atoms. The number of hydrogen-bond donors (Lipinski definition) is 2. The number of benzene rings is 1. The highest BCUT2D eigenvalue weighted by Crippen LogP contribution is 2.24. The third kappa shape index (κ3) is 4.52. The molecule has 2 aromatic rings. The first kappa shape index (κ1) is 21.9. The van der Waals surface area contributed by atoms with Crippen molar-refractivity contribution in [1.29, 1.82) is 0 Å². The molecule has 8 nitrogen and oxygen atoms in total. The molecule has 3 rings (SSSR count). The average Bonchev–Trinajstić information content (AvgIpc) is 3.41. The third-order valence-electron chi connectivity index (χ3n) is 5.04. The Morgan fingerprint density at radius 1 is 1.17 bits per heavy atom. The zero-order valence-electron chi connectivity index (χ0n) is 17.3. The molecule has 1 aromatic carbocycles. The molecule has 1 aromatic heterocycles. The molecule has 9 heteroatoms. The number of sulfonamides is 1. The minimum absolute atomic E-state index is 0.0276. The number of nitrogens with one attached hydrogen (secondary N) is 2. The number of H-pyrrole nitrogens is 1. The van der Waals surface area contributed by atoms with Crippen LogP contribution >= 0.6 is 0 Å². The number of rotatable bonds is 8. The summed E-state index contributed by atoms with van der Waals surface area (Å²) in [6.45, 7) is 5.88. The fraction of sp³-hybridized carbons (Fsp3) is 0.381. The number of aromatic amines is 1. The van der Waals surface area contributed by atoms with Gasteiger partial charge in [-0.05, 0) is 63.8 Å². The van der Waals surface area contributed by atoms with Crippen molar-refractivity contribution in [2.45, 2.75) is 51.5 Å². The lowest BCUT2D eigenvalue weighted by atomic mass is 10.1. The molecule has 2 N–H and O–H groups in total. The van der Waals surface area contributed by atoms with Gasteiger partial charge in [0.25, 0.3) is 0 Å². The molecule has 1 saturated carbocycles. The SMILES string of the molecule is CC(=O)c1c(C)[nH]c(C(=O)COC(=O)c2cc(S(=O)(=O)NC3CC3)ccc2C)c1C. The quantitative estimate of drug-likeness (QED) is 0.488. The minimum atomic E-state index is -3.72. The number of hydrogen-bond acceptors (Lipinski definition) is 6. The predicted octanol–water partition coefficient (Wildman–Crippen LogP) is 2.62. The summed E-state index contributed by atoms with van der Waals surface area (Å²) < 4.78 is 32.5. The molecule has 1 fully saturated rings. The molecule has 0 aliphatic heterocycles. The van der Waals surface area contributed by atoms with Gasteiger partial charge in [0.15, 0.2) is 12.4 Å². The van der Waals surface area contributed by atoms with Gasteiger partial charge in [0.2, 0.25) is 15.8 Å². The van der Waals surface area contributed by atoms with Crippen molar-refractivity contribution in [3.63, 3.8) is 0 Å². The van der Waals surface area contributed by atoms with E-state index in [1.165, 1.54) is 25.1 Å². The first-order valence-corrected chi connectivity index (χ1v) is 11.0. The van der Waals surface area contributed by atoms with E-state index in [4.69, 9.17) is 4.74 Å². The Kier molecular flexibility index (Phi) is 5.96. The molecule has 1 aliphatic carbocycles. The fourth-order valence-electron chi connectivity index (χ4n) is 3.31. The maximum Gasteiger partial charge on any atom is 0.338 e. The monoisotopic (exact) mass is 432 g/mol. The molecule has 160 valence electrons. The molecule has 0 amide bonds. The van der Waals surface area contributed by atoms with Gasteiger partial charge >= 0.3 is 5.97 Å². The maximum absolute atomic E-state index is 12.5. The summed E-state index contributed by atoms with van der Waals surface area (Å²) in [5.74, 6) is -1.43. The Morgan fingerprint density at radius 3 is 2.40 bits per heavy atom. The molecule has 0 saturated heterocycles. The summed E-state index contributed by atoms with van der Waals surface area (Å²) in [4.78, 5) is 39.6. The molecule has 0 unspecified atom stereocenters. The van der Waals surface area contributed by atoms with E-state index in [1.807, 2.05) is 0 Å². The Bertz CT molecular complexity index is 1140. The zero-order valence-corrected chi connectivity index (χ0v) is 18.1. The zero-order chi connectivity index (χ0) is 22.2. The van der Waals surface area contributed by atoms with E-state index in [1.54, 1.807) is 20.8 Å². The summed E-state index contributed by atoms with van der Waals surface area (Å²) in [7, 11) is -3.72. The summed E-state index contributed by atoms with van der Waals surface area (Å²) in [5.41, 5.74) is 2.35. The van der Waals surface area contributed by atoms with Crippen molar-refractivity contribution in [1.82, 2.24) is 9.71 Å². The average molecular weight is 432 g/mol. The number of ketones is 2. The van der Waals surface area contributed by atoms with Crippen molar-refractivity contribution in [2.75, 3.05) is 6.61 Å². The van der Waals surface area contributed by atoms with Gasteiger partial charge in [-0.2, -0.15) is 0 Å². The molecule has 0 atom stereocenters. The summed E-state index contributed by atoms with van der Waals surface area (Å²) in [6.07, 6.45) is 1.59. The van der Waals surface area contributed by atoms with E-state index >= 15 is 0 Å². The molecule has 1 aliphatic rings. The van der Waals surface area contributed by atoms with Crippen molar-refractivity contribution < 1.29 is 27.5 Å². The van der Waals surface area contributed by atoms with Crippen LogP contribution in [0.15, 0.2) is 23.1 Å². The van der Waals surface area contributed by atoms with E-state index in [0.29, 0.717) is 22.4 Å². The van der Waals surface area contributed by atoms with Crippen molar-refractivity contribution in [3.8, 4) is 0 Å². The number of aryl methyl sites for hydroxylation is 2. The highest BCUT2D eigenvalue weighted by Gasteiger charge is 2.29. The smallest absolute Gasteiger partial charge is 0.338 e. The normalized spacial score (nSPS) is 13.9. The number of aromatic nitrogens is 1. The van der Waals surface area contributed by atoms with Gasteiger partial charge in [-0.1, -0.05) is 6.07 Å². The van der Waals surface area contributed by atoms with Gasteiger partial charge in [0.05, 0.1) is 16.2 Å². The van der Waals surface area contributed by atoms with Gasteiger partial charge in [0.1, 0.15) is 0 Å². The van der Waals surface area contributed by atoms with E-state index in [9.17, 15) is 22.8 Å². The van der Waals surface area contributed by atoms with Crippen LogP contribution < -0.4 is 4.72 Å². The minimum Gasteiger partial charge on any atom is -0.454 e. The van der Waals surface area contributed by atoms with Crippen LogP contribution in [-0.2, 0) is 14.8 Å². The second-order valence-electron chi connectivity index (χ2n) is 7.55. The van der Waals surface area contributed by atoms with Crippen molar-refractivity contribution >= 4 is 27.6 Å². The van der Waals surface area contributed by atoms with Crippen LogP contribution in [0, 0.1) is 20.8 Å². The number of Topliss-reactive ketones (excluding diaryl/α,β-unsaturated/α-hetero) is 2. The second-order valence-corrected chi connectivity index (χ2v) is 9.27. The van der Waals surface area contributed by atoms with Gasteiger partial charge in [0, 0.05) is 17.3 Å². The Morgan fingerprint density at radius 2 is 1.83 bits per heavy atom. The first-order valence-electron chi connectivity index (χ1n) is 9.54. The second kappa shape index (κ2) is 8.16. The van der Waals surface area contributed by atoms with Gasteiger partial charge < -0.3 is 9.72 Å². The summed E-state index contributed by atoms with van der Waals surface area (Å²) >= 11 is 0. The molecule has 0 radical (unpaired) electrons. The lowest BCUT2D eigenvalue weighted by molar-refractivity contribution is 0.0472. The van der Waals surface area contributed by atoms with Crippen molar-refractivity contribution in [2.24, 2.45) is 0 Å². The van der Waals surface area contributed by atoms with Crippen LogP contribution in [0.2, 0.25) is 0 Å². The van der Waals surface area contributed by atoms with E-state index in [-0.39, 0.29) is 28.0 Å². The van der Waals surface area contributed by atoms with E-state index < -0.39 is 28.4 Å². The topological polar surface area (TPSA) is 122 Å². The largest absolute Gasteiger partial charge is 0.454 e. The van der Waals surface area contributed by atoms with Crippen molar-refractivity contribution in [3.05, 3.63) is 51.8 Å². The number of carbonyl (C=O) groups excluding carboxylic acids is 3. The summed E-state index contributed by atoms with van der Waals surface area (Å²) in [6, 6.07) is 4.15. The van der Waals surface area contributed by atoms with Crippen LogP contribution in [0.5, 0.6) is 0 Å². The van der Waals surface area contributed by atoms with Crippen LogP contribution in [0.4, 0.5) is 0 Å². The van der Waals surface area contributed by atoms with E-state index in [0.717, 1.165) is 12.8 Å². The van der Waals surface area contributed by atoms with Gasteiger partial charge in [-0.25, -0.2) is 17.9 Å². The molecule has 0 spiro atoms. The van der Waals surface area contributed by atoms with E-state index in [2.05, 4.69) is 9.71 Å². The molecular formula is C21H24N2O6S. The summed E-state index contributed by atoms with van der Waals surface area (Å²) in [5, 5.41) is 0. The Hall–Kier alpha value is -2.78. The number of ether oxygens (including phenoxy) is 1. The van der Waals surface area contributed by atoms with Gasteiger partial charge in [-0.15, -0.1) is 0 Å². The standard InChI is InChI=1S/C21H24N2O6S/c1-11-5-8-16(30(27,28)23-15-6-7-15)9-17(11)21(26)29-10-18(25)20-12(2)19(14(4)24)13(3)22-20/h5,8-9,15,22-23H,6-7,10H2,1-4H3.